The lowest BCUT2D eigenvalue weighted by molar-refractivity contribution is -0.186. The van der Waals surface area contributed by atoms with Gasteiger partial charge in [-0.25, -0.2) is 0 Å². The van der Waals surface area contributed by atoms with Crippen molar-refractivity contribution in [3.63, 3.8) is 0 Å². The van der Waals surface area contributed by atoms with Gasteiger partial charge in [0.25, 0.3) is 0 Å². The molecule has 1 saturated heterocycles. The molecule has 2 bridgehead atoms. The van der Waals surface area contributed by atoms with Gasteiger partial charge in [-0.2, -0.15) is 13.2 Å². The van der Waals surface area contributed by atoms with Crippen LogP contribution in [0.3, 0.4) is 0 Å². The van der Waals surface area contributed by atoms with Gasteiger partial charge in [0.05, 0.1) is 0 Å². The fourth-order valence-corrected chi connectivity index (χ4v) is 3.41. The third-order valence-corrected chi connectivity index (χ3v) is 4.09. The lowest BCUT2D eigenvalue weighted by atomic mass is 9.95. The summed E-state index contributed by atoms with van der Waals surface area (Å²) >= 11 is 0. The minimum Gasteiger partial charge on any atom is -0.399 e. The molecule has 1 amide bonds. The van der Waals surface area contributed by atoms with E-state index in [0.717, 1.165) is 22.4 Å². The first kappa shape index (κ1) is 13.1. The number of nitrogens with two attached hydrogens (primary N) is 2. The lowest BCUT2D eigenvalue weighted by Crippen LogP contribution is -2.46. The van der Waals surface area contributed by atoms with Gasteiger partial charge < -0.3 is 16.4 Å². The Kier molecular flexibility index (Phi) is 2.64. The molecular formula is C13H14F3N3O. The van der Waals surface area contributed by atoms with Gasteiger partial charge in [-0.05, 0) is 29.7 Å². The molecule has 2 unspecified atom stereocenters. The second-order valence-corrected chi connectivity index (χ2v) is 5.45. The molecule has 1 aliphatic heterocycles. The topological polar surface area (TPSA) is 72.3 Å². The van der Waals surface area contributed by atoms with Crippen LogP contribution in [0.15, 0.2) is 12.1 Å². The molecule has 0 aromatic heterocycles. The number of rotatable bonds is 0. The quantitative estimate of drug-likeness (QED) is 0.714. The fourth-order valence-electron chi connectivity index (χ4n) is 3.41. The highest BCUT2D eigenvalue weighted by atomic mass is 19.4. The Morgan fingerprint density at radius 2 is 1.85 bits per heavy atom. The number of piperidine rings is 1. The van der Waals surface area contributed by atoms with E-state index in [4.69, 9.17) is 11.5 Å². The van der Waals surface area contributed by atoms with Gasteiger partial charge in [0.1, 0.15) is 0 Å². The Hall–Kier alpha value is -1.92. The number of nitrogens with zero attached hydrogens (tertiary/aromatic N) is 1. The molecule has 1 aromatic rings. The van der Waals surface area contributed by atoms with E-state index >= 15 is 0 Å². The number of anilines is 2. The zero-order chi connectivity index (χ0) is 14.7. The number of alkyl halides is 3. The number of halogens is 3. The Labute approximate surface area is 113 Å². The van der Waals surface area contributed by atoms with Crippen molar-refractivity contribution >= 4 is 17.3 Å². The average molecular weight is 285 g/mol. The van der Waals surface area contributed by atoms with Crippen LogP contribution < -0.4 is 11.5 Å². The predicted molar refractivity (Wildman–Crippen MR) is 68.0 cm³/mol. The first-order valence-electron chi connectivity index (χ1n) is 6.32. The third kappa shape index (κ3) is 1.88. The molecule has 0 radical (unpaired) electrons. The molecule has 7 heteroatoms. The standard InChI is InChI=1S/C13H14F3N3O/c14-13(15,16)12(20)19-4-6-1-7(5-19)11-9(6)2-8(17)3-10(11)18/h2-3,6-7H,1,4-5,17-18H2. The van der Waals surface area contributed by atoms with Crippen LogP contribution in [0.2, 0.25) is 0 Å². The summed E-state index contributed by atoms with van der Waals surface area (Å²) in [6, 6.07) is 3.38. The number of amides is 1. The summed E-state index contributed by atoms with van der Waals surface area (Å²) in [7, 11) is 0. The van der Waals surface area contributed by atoms with E-state index in [2.05, 4.69) is 0 Å². The molecule has 2 aliphatic rings. The summed E-state index contributed by atoms with van der Waals surface area (Å²) in [5.74, 6) is -2.01. The summed E-state index contributed by atoms with van der Waals surface area (Å²) in [6.07, 6.45) is -4.10. The SMILES string of the molecule is Nc1cc(N)c2c(c1)C1CC2CN(C(=O)C(F)(F)F)C1. The van der Waals surface area contributed by atoms with Gasteiger partial charge in [0.2, 0.25) is 0 Å². The van der Waals surface area contributed by atoms with E-state index in [9.17, 15) is 18.0 Å². The van der Waals surface area contributed by atoms with Crippen molar-refractivity contribution in [1.82, 2.24) is 4.90 Å². The third-order valence-electron chi connectivity index (χ3n) is 4.09. The average Bonchev–Trinajstić information content (AvgIpc) is 2.58. The molecule has 4 nitrogen and oxygen atoms in total. The highest BCUT2D eigenvalue weighted by Crippen LogP contribution is 2.49. The summed E-state index contributed by atoms with van der Waals surface area (Å²) in [4.78, 5) is 12.3. The molecule has 1 heterocycles. The van der Waals surface area contributed by atoms with E-state index in [-0.39, 0.29) is 24.9 Å². The van der Waals surface area contributed by atoms with E-state index in [1.54, 1.807) is 12.1 Å². The van der Waals surface area contributed by atoms with Gasteiger partial charge in [-0.15, -0.1) is 0 Å². The van der Waals surface area contributed by atoms with Crippen LogP contribution in [0.4, 0.5) is 24.5 Å². The maximum absolute atomic E-state index is 12.5. The maximum atomic E-state index is 12.5. The zero-order valence-corrected chi connectivity index (χ0v) is 10.6. The number of hydrogen-bond acceptors (Lipinski definition) is 3. The number of likely N-dealkylation sites (tertiary alicyclic amines) is 1. The smallest absolute Gasteiger partial charge is 0.399 e. The Bertz CT molecular complexity index is 585. The zero-order valence-electron chi connectivity index (χ0n) is 10.6. The Balaban J connectivity index is 1.94. The first-order valence-corrected chi connectivity index (χ1v) is 6.32. The van der Waals surface area contributed by atoms with Crippen molar-refractivity contribution in [2.24, 2.45) is 0 Å². The number of benzene rings is 1. The minimum atomic E-state index is -4.83. The number of carbonyl (C=O) groups is 1. The molecule has 1 aromatic carbocycles. The molecule has 2 atom stereocenters. The van der Waals surface area contributed by atoms with Crippen molar-refractivity contribution in [2.45, 2.75) is 24.4 Å². The van der Waals surface area contributed by atoms with Crippen molar-refractivity contribution in [2.75, 3.05) is 24.6 Å². The van der Waals surface area contributed by atoms with Gasteiger partial charge in [0, 0.05) is 36.3 Å². The highest BCUT2D eigenvalue weighted by molar-refractivity contribution is 5.82. The molecule has 0 spiro atoms. The van der Waals surface area contributed by atoms with E-state index in [0.29, 0.717) is 11.4 Å². The molecule has 1 aliphatic carbocycles. The summed E-state index contributed by atoms with van der Waals surface area (Å²) in [6.45, 7) is 0.140. The monoisotopic (exact) mass is 285 g/mol. The van der Waals surface area contributed by atoms with Gasteiger partial charge in [-0.3, -0.25) is 4.79 Å². The van der Waals surface area contributed by atoms with Crippen LogP contribution in [-0.2, 0) is 4.79 Å². The second-order valence-electron chi connectivity index (χ2n) is 5.45. The fraction of sp³-hybridized carbons (Fsp3) is 0.462. The van der Waals surface area contributed by atoms with Gasteiger partial charge in [0.15, 0.2) is 0 Å². The van der Waals surface area contributed by atoms with Crippen molar-refractivity contribution in [3.8, 4) is 0 Å². The van der Waals surface area contributed by atoms with Crippen LogP contribution >= 0.6 is 0 Å². The summed E-state index contributed by atoms with van der Waals surface area (Å²) in [5.41, 5.74) is 14.4. The second kappa shape index (κ2) is 4.04. The number of carbonyl (C=O) groups excluding carboxylic acids is 1. The largest absolute Gasteiger partial charge is 0.471 e. The first-order chi connectivity index (χ1) is 9.27. The molecule has 108 valence electrons. The molecule has 20 heavy (non-hydrogen) atoms. The Morgan fingerprint density at radius 1 is 1.20 bits per heavy atom. The lowest BCUT2D eigenvalue weighted by Gasteiger charge is -2.32. The predicted octanol–water partition coefficient (Wildman–Crippen LogP) is 1.83. The van der Waals surface area contributed by atoms with Gasteiger partial charge >= 0.3 is 12.1 Å². The van der Waals surface area contributed by atoms with Crippen molar-refractivity contribution < 1.29 is 18.0 Å². The normalized spacial score (nSPS) is 24.6. The van der Waals surface area contributed by atoms with E-state index in [1.165, 1.54) is 0 Å². The van der Waals surface area contributed by atoms with Crippen LogP contribution in [0.5, 0.6) is 0 Å². The summed E-state index contributed by atoms with van der Waals surface area (Å²) in [5, 5.41) is 0. The number of hydrogen-bond donors (Lipinski definition) is 2. The molecular weight excluding hydrogens is 271 g/mol. The molecule has 0 saturated carbocycles. The summed E-state index contributed by atoms with van der Waals surface area (Å²) < 4.78 is 37.6. The van der Waals surface area contributed by atoms with Crippen LogP contribution in [0, 0.1) is 0 Å². The highest BCUT2D eigenvalue weighted by Gasteiger charge is 2.48. The van der Waals surface area contributed by atoms with Crippen molar-refractivity contribution in [1.29, 1.82) is 0 Å². The molecule has 3 rings (SSSR count). The maximum Gasteiger partial charge on any atom is 0.471 e. The molecule has 4 N–H and O–H groups in total. The van der Waals surface area contributed by atoms with Crippen LogP contribution in [0.25, 0.3) is 0 Å². The van der Waals surface area contributed by atoms with E-state index in [1.807, 2.05) is 0 Å². The Morgan fingerprint density at radius 3 is 2.50 bits per heavy atom. The van der Waals surface area contributed by atoms with Crippen LogP contribution in [-0.4, -0.2) is 30.1 Å². The van der Waals surface area contributed by atoms with Gasteiger partial charge in [-0.1, -0.05) is 0 Å². The number of fused-ring (bicyclic) bond motifs is 5. The van der Waals surface area contributed by atoms with Crippen molar-refractivity contribution in [3.05, 3.63) is 23.3 Å². The van der Waals surface area contributed by atoms with Crippen LogP contribution in [0.1, 0.15) is 29.4 Å². The van der Waals surface area contributed by atoms with E-state index < -0.39 is 12.1 Å². The minimum absolute atomic E-state index is 0.0654. The molecule has 1 fully saturated rings. The number of nitrogen functional groups attached to an aromatic ring is 2.